The van der Waals surface area contributed by atoms with Crippen molar-refractivity contribution >= 4 is 21.7 Å². The first kappa shape index (κ1) is 18.0. The first-order chi connectivity index (χ1) is 13.2. The van der Waals surface area contributed by atoms with Crippen molar-refractivity contribution in [2.75, 3.05) is 7.11 Å². The van der Waals surface area contributed by atoms with Crippen LogP contribution >= 0.6 is 15.9 Å². The smallest absolute Gasteiger partial charge is 0.167 e. The number of para-hydroxylation sites is 1. The third-order valence-electron chi connectivity index (χ3n) is 5.45. The van der Waals surface area contributed by atoms with E-state index in [2.05, 4.69) is 58.4 Å². The molecular formula is C24H21BrO2. The lowest BCUT2D eigenvalue weighted by atomic mass is 9.90. The van der Waals surface area contributed by atoms with Crippen LogP contribution in [0, 0.1) is 0 Å². The van der Waals surface area contributed by atoms with Crippen LogP contribution in [-0.2, 0) is 0 Å². The highest BCUT2D eigenvalue weighted by Crippen LogP contribution is 2.48. The molecule has 1 aliphatic rings. The Bertz CT molecular complexity index is 979. The molecule has 3 aromatic rings. The Morgan fingerprint density at radius 3 is 2.30 bits per heavy atom. The van der Waals surface area contributed by atoms with Crippen molar-refractivity contribution in [2.24, 2.45) is 0 Å². The molecule has 2 nitrogen and oxygen atoms in total. The lowest BCUT2D eigenvalue weighted by Gasteiger charge is -2.15. The maximum absolute atomic E-state index is 13.0. The van der Waals surface area contributed by atoms with E-state index in [1.54, 1.807) is 7.11 Å². The van der Waals surface area contributed by atoms with Crippen LogP contribution in [0.1, 0.15) is 51.7 Å². The Kier molecular flexibility index (Phi) is 5.13. The third-order valence-corrected chi connectivity index (χ3v) is 6.17. The summed E-state index contributed by atoms with van der Waals surface area (Å²) in [5.74, 6) is 1.32. The van der Waals surface area contributed by atoms with Crippen molar-refractivity contribution in [3.8, 4) is 5.75 Å². The zero-order valence-corrected chi connectivity index (χ0v) is 16.8. The minimum Gasteiger partial charge on any atom is -0.496 e. The number of hydrogen-bond acceptors (Lipinski definition) is 2. The van der Waals surface area contributed by atoms with Gasteiger partial charge in [0.15, 0.2) is 5.78 Å². The highest BCUT2D eigenvalue weighted by molar-refractivity contribution is 9.10. The summed E-state index contributed by atoms with van der Waals surface area (Å²) in [5.41, 5.74) is 4.59. The number of ketones is 1. The molecule has 0 saturated heterocycles. The summed E-state index contributed by atoms with van der Waals surface area (Å²) in [6.07, 6.45) is 1.45. The summed E-state index contributed by atoms with van der Waals surface area (Å²) in [6.45, 7) is 0. The van der Waals surface area contributed by atoms with E-state index in [9.17, 15) is 4.79 Å². The number of carbonyl (C=O) groups is 1. The number of carbonyl (C=O) groups excluding carboxylic acids is 1. The summed E-state index contributed by atoms with van der Waals surface area (Å²) in [6, 6.07) is 24.4. The van der Waals surface area contributed by atoms with Crippen molar-refractivity contribution < 1.29 is 9.53 Å². The minimum atomic E-state index is 0.139. The van der Waals surface area contributed by atoms with Gasteiger partial charge in [-0.15, -0.1) is 0 Å². The van der Waals surface area contributed by atoms with Gasteiger partial charge in [0.2, 0.25) is 0 Å². The molecule has 0 fully saturated rings. The van der Waals surface area contributed by atoms with Gasteiger partial charge in [-0.3, -0.25) is 4.79 Å². The van der Waals surface area contributed by atoms with Gasteiger partial charge in [0.05, 0.1) is 12.7 Å². The van der Waals surface area contributed by atoms with E-state index in [-0.39, 0.29) is 11.7 Å². The summed E-state index contributed by atoms with van der Waals surface area (Å²) in [5, 5.41) is 0. The Hall–Kier alpha value is -2.39. The molecule has 3 aromatic carbocycles. The number of benzene rings is 3. The van der Waals surface area contributed by atoms with E-state index >= 15 is 0 Å². The zero-order chi connectivity index (χ0) is 18.8. The largest absolute Gasteiger partial charge is 0.496 e. The minimum absolute atomic E-state index is 0.139. The van der Waals surface area contributed by atoms with E-state index in [1.807, 2.05) is 30.3 Å². The molecule has 2 atom stereocenters. The first-order valence-corrected chi connectivity index (χ1v) is 9.97. The topological polar surface area (TPSA) is 26.3 Å². The van der Waals surface area contributed by atoms with E-state index in [4.69, 9.17) is 4.74 Å². The molecule has 0 saturated carbocycles. The van der Waals surface area contributed by atoms with Crippen LogP contribution in [0.15, 0.2) is 77.3 Å². The van der Waals surface area contributed by atoms with Crippen molar-refractivity contribution in [1.82, 2.24) is 0 Å². The van der Waals surface area contributed by atoms with Gasteiger partial charge in [0, 0.05) is 16.8 Å². The molecule has 0 unspecified atom stereocenters. The molecule has 3 heteroatoms. The van der Waals surface area contributed by atoms with Crippen molar-refractivity contribution in [3.63, 3.8) is 0 Å². The van der Waals surface area contributed by atoms with Crippen LogP contribution < -0.4 is 4.74 Å². The molecule has 1 aliphatic carbocycles. The predicted octanol–water partition coefficient (Wildman–Crippen LogP) is 6.35. The molecule has 0 aliphatic heterocycles. The molecule has 0 N–H and O–H groups in total. The standard InChI is InChI=1S/C24H21BrO2/c1-27-24-13-7-5-11-20(24)23(26)15-16-14-21(18-9-3-2-8-17(16)18)19-10-4-6-12-22(19)25/h2-13,16,21H,14-15H2,1H3/t16-,21-/m1/s1. The van der Waals surface area contributed by atoms with Crippen molar-refractivity contribution in [2.45, 2.75) is 24.7 Å². The second-order valence-electron chi connectivity index (χ2n) is 6.96. The number of fused-ring (bicyclic) bond motifs is 1. The molecule has 0 amide bonds. The van der Waals surface area contributed by atoms with Gasteiger partial charge < -0.3 is 4.74 Å². The number of methoxy groups -OCH3 is 1. The van der Waals surface area contributed by atoms with Gasteiger partial charge in [-0.1, -0.05) is 70.5 Å². The highest BCUT2D eigenvalue weighted by Gasteiger charge is 2.34. The van der Waals surface area contributed by atoms with E-state index in [1.165, 1.54) is 16.7 Å². The highest BCUT2D eigenvalue weighted by atomic mass is 79.9. The third kappa shape index (κ3) is 3.44. The number of halogens is 1. The van der Waals surface area contributed by atoms with Crippen LogP contribution in [0.4, 0.5) is 0 Å². The molecule has 0 aromatic heterocycles. The quantitative estimate of drug-likeness (QED) is 0.449. The SMILES string of the molecule is COc1ccccc1C(=O)C[C@H]1C[C@@H](c2ccccc2Br)c2ccccc21. The van der Waals surface area contributed by atoms with Crippen molar-refractivity contribution in [3.05, 3.63) is 99.5 Å². The zero-order valence-electron chi connectivity index (χ0n) is 15.2. The predicted molar refractivity (Wildman–Crippen MR) is 112 cm³/mol. The fourth-order valence-corrected chi connectivity index (χ4v) is 4.75. The fraction of sp³-hybridized carbons (Fsp3) is 0.208. The molecule has 0 radical (unpaired) electrons. The van der Waals surface area contributed by atoms with Crippen LogP contribution in [0.25, 0.3) is 0 Å². The van der Waals surface area contributed by atoms with E-state index < -0.39 is 0 Å². The number of ether oxygens (including phenoxy) is 1. The van der Waals surface area contributed by atoms with Gasteiger partial charge in [0.25, 0.3) is 0 Å². The molecule has 4 rings (SSSR count). The normalized spacial score (nSPS) is 18.1. The van der Waals surface area contributed by atoms with Crippen LogP contribution in [-0.4, -0.2) is 12.9 Å². The monoisotopic (exact) mass is 420 g/mol. The number of rotatable bonds is 5. The molecule has 27 heavy (non-hydrogen) atoms. The molecular weight excluding hydrogens is 400 g/mol. The first-order valence-electron chi connectivity index (χ1n) is 9.18. The van der Waals surface area contributed by atoms with Crippen LogP contribution in [0.3, 0.4) is 0 Å². The summed E-state index contributed by atoms with van der Waals surface area (Å²) < 4.78 is 6.51. The number of Topliss-reactive ketones (excluding diaryl/α,β-unsaturated/α-hetero) is 1. The van der Waals surface area contributed by atoms with E-state index in [0.29, 0.717) is 23.7 Å². The van der Waals surface area contributed by atoms with Crippen molar-refractivity contribution in [1.29, 1.82) is 0 Å². The van der Waals surface area contributed by atoms with Gasteiger partial charge in [-0.2, -0.15) is 0 Å². The maximum Gasteiger partial charge on any atom is 0.167 e. The summed E-state index contributed by atoms with van der Waals surface area (Å²) >= 11 is 3.70. The van der Waals surface area contributed by atoms with Gasteiger partial charge in [0.1, 0.15) is 5.75 Å². The lowest BCUT2D eigenvalue weighted by Crippen LogP contribution is -2.07. The Morgan fingerprint density at radius 1 is 0.926 bits per heavy atom. The molecule has 0 spiro atoms. The average Bonchev–Trinajstić information content (AvgIpc) is 3.06. The lowest BCUT2D eigenvalue weighted by molar-refractivity contribution is 0.0970. The van der Waals surface area contributed by atoms with Gasteiger partial charge in [-0.05, 0) is 47.2 Å². The summed E-state index contributed by atoms with van der Waals surface area (Å²) in [7, 11) is 1.61. The summed E-state index contributed by atoms with van der Waals surface area (Å²) in [4.78, 5) is 13.0. The van der Waals surface area contributed by atoms with Gasteiger partial charge >= 0.3 is 0 Å². The van der Waals surface area contributed by atoms with Gasteiger partial charge in [-0.25, -0.2) is 0 Å². The van der Waals surface area contributed by atoms with E-state index in [0.717, 1.165) is 10.9 Å². The fourth-order valence-electron chi connectivity index (χ4n) is 4.19. The second-order valence-corrected chi connectivity index (χ2v) is 7.82. The number of hydrogen-bond donors (Lipinski definition) is 0. The Labute approximate surface area is 168 Å². The molecule has 0 bridgehead atoms. The average molecular weight is 421 g/mol. The molecule has 136 valence electrons. The van der Waals surface area contributed by atoms with Crippen LogP contribution in [0.5, 0.6) is 5.75 Å². The molecule has 0 heterocycles. The Morgan fingerprint density at radius 2 is 1.56 bits per heavy atom. The second kappa shape index (κ2) is 7.69. The Balaban J connectivity index is 1.65. The maximum atomic E-state index is 13.0. The van der Waals surface area contributed by atoms with Crippen LogP contribution in [0.2, 0.25) is 0 Å².